The van der Waals surface area contributed by atoms with Gasteiger partial charge in [0.2, 0.25) is 0 Å². The summed E-state index contributed by atoms with van der Waals surface area (Å²) in [6.07, 6.45) is 1.43. The van der Waals surface area contributed by atoms with E-state index in [0.717, 1.165) is 5.69 Å². The van der Waals surface area contributed by atoms with Gasteiger partial charge in [0.1, 0.15) is 5.15 Å². The molecule has 1 amide bonds. The number of rotatable bonds is 2. The number of amides is 1. The Hall–Kier alpha value is -2.25. The third-order valence-electron chi connectivity index (χ3n) is 3.62. The summed E-state index contributed by atoms with van der Waals surface area (Å²) >= 11 is 6.13. The summed E-state index contributed by atoms with van der Waals surface area (Å²) in [6.45, 7) is 1.82. The Balaban J connectivity index is 2.12. The van der Waals surface area contributed by atoms with Gasteiger partial charge >= 0.3 is 0 Å². The van der Waals surface area contributed by atoms with Crippen molar-refractivity contribution in [1.29, 1.82) is 0 Å². The quantitative estimate of drug-likeness (QED) is 0.656. The number of nitrogens with zero attached hydrogens (tertiary/aromatic N) is 4. The lowest BCUT2D eigenvalue weighted by Gasteiger charge is -2.05. The lowest BCUT2D eigenvalue weighted by molar-refractivity contribution is 0.100. The number of carbonyl (C=O) groups excluding carboxylic acids is 1. The monoisotopic (exact) mass is 362 g/mol. The third kappa shape index (κ3) is 2.92. The van der Waals surface area contributed by atoms with Crippen LogP contribution in [0.3, 0.4) is 0 Å². The summed E-state index contributed by atoms with van der Waals surface area (Å²) < 4.78 is 18.2. The van der Waals surface area contributed by atoms with Crippen LogP contribution in [0.1, 0.15) is 16.1 Å². The Bertz CT molecular complexity index is 1070. The van der Waals surface area contributed by atoms with Crippen molar-refractivity contribution in [3.8, 4) is 0 Å². The van der Waals surface area contributed by atoms with Crippen LogP contribution in [0.2, 0.25) is 5.15 Å². The molecule has 0 saturated heterocycles. The Morgan fingerprint density at radius 1 is 1.29 bits per heavy atom. The fourth-order valence-electron chi connectivity index (χ4n) is 2.40. The van der Waals surface area contributed by atoms with E-state index in [-0.39, 0.29) is 10.7 Å². The molecule has 0 unspecified atom stereocenters. The molecule has 124 valence electrons. The molecule has 3 rings (SSSR count). The van der Waals surface area contributed by atoms with Crippen molar-refractivity contribution in [1.82, 2.24) is 14.8 Å². The number of hydrogen-bond acceptors (Lipinski definition) is 4. The van der Waals surface area contributed by atoms with Gasteiger partial charge in [-0.15, -0.1) is 0 Å². The van der Waals surface area contributed by atoms with Gasteiger partial charge in [-0.2, -0.15) is 9.46 Å². The third-order valence-corrected chi connectivity index (χ3v) is 5.57. The minimum atomic E-state index is -2.86. The molecular weight excluding hydrogens is 348 g/mol. The van der Waals surface area contributed by atoms with Gasteiger partial charge in [0.15, 0.2) is 5.65 Å². The number of benzene rings is 1. The maximum Gasteiger partial charge on any atom is 0.288 e. The summed E-state index contributed by atoms with van der Waals surface area (Å²) in [5, 5.41) is 4.98. The predicted molar refractivity (Wildman–Crippen MR) is 93.8 cm³/mol. The van der Waals surface area contributed by atoms with E-state index in [1.54, 1.807) is 48.1 Å². The van der Waals surface area contributed by atoms with Gasteiger partial charge < -0.3 is 0 Å². The van der Waals surface area contributed by atoms with Gasteiger partial charge in [0.05, 0.1) is 21.0 Å². The van der Waals surface area contributed by atoms with Crippen molar-refractivity contribution in [2.24, 2.45) is 11.4 Å². The van der Waals surface area contributed by atoms with E-state index in [9.17, 15) is 9.00 Å². The van der Waals surface area contributed by atoms with Gasteiger partial charge in [-0.25, -0.2) is 9.19 Å². The minimum Gasteiger partial charge on any atom is -0.266 e. The highest BCUT2D eigenvalue weighted by molar-refractivity contribution is 7.93. The zero-order valence-corrected chi connectivity index (χ0v) is 14.9. The van der Waals surface area contributed by atoms with Crippen molar-refractivity contribution in [3.63, 3.8) is 0 Å². The van der Waals surface area contributed by atoms with E-state index in [1.807, 2.05) is 6.92 Å². The number of aromatic nitrogens is 3. The lowest BCUT2D eigenvalue weighted by atomic mass is 10.2. The van der Waals surface area contributed by atoms with Crippen LogP contribution in [0.5, 0.6) is 0 Å². The normalized spacial score (nSPS) is 13.7. The van der Waals surface area contributed by atoms with E-state index >= 15 is 0 Å². The van der Waals surface area contributed by atoms with E-state index in [1.165, 1.54) is 6.26 Å². The molecule has 6 nitrogen and oxygen atoms in total. The standard InChI is InChI=1S/C16H15ClN4O2S/c1-10-12-9-13(14(17)18-15(12)21(2)19-10)16(22)20-24(3,23)11-7-5-4-6-8-11/h4-9H,1-3H3/t24-/m0/s1. The van der Waals surface area contributed by atoms with Gasteiger partial charge in [-0.3, -0.25) is 9.48 Å². The van der Waals surface area contributed by atoms with E-state index in [2.05, 4.69) is 14.4 Å². The topological polar surface area (TPSA) is 77.2 Å². The second kappa shape index (κ2) is 5.99. The fraction of sp³-hybridized carbons (Fsp3) is 0.188. The van der Waals surface area contributed by atoms with E-state index in [0.29, 0.717) is 15.9 Å². The Morgan fingerprint density at radius 3 is 2.62 bits per heavy atom. The van der Waals surface area contributed by atoms with Crippen molar-refractivity contribution < 1.29 is 9.00 Å². The number of fused-ring (bicyclic) bond motifs is 1. The average Bonchev–Trinajstić information content (AvgIpc) is 2.81. The van der Waals surface area contributed by atoms with Crippen LogP contribution in [0, 0.1) is 6.92 Å². The molecule has 0 spiro atoms. The summed E-state index contributed by atoms with van der Waals surface area (Å²) in [7, 11) is -1.12. The smallest absolute Gasteiger partial charge is 0.266 e. The van der Waals surface area contributed by atoms with Gasteiger partial charge in [0, 0.05) is 23.6 Å². The van der Waals surface area contributed by atoms with Crippen molar-refractivity contribution in [3.05, 3.63) is 52.8 Å². The highest BCUT2D eigenvalue weighted by atomic mass is 35.5. The first-order valence-electron chi connectivity index (χ1n) is 7.11. The molecule has 0 fully saturated rings. The highest BCUT2D eigenvalue weighted by Crippen LogP contribution is 2.24. The molecule has 0 N–H and O–H groups in total. The van der Waals surface area contributed by atoms with Crippen LogP contribution in [0.15, 0.2) is 45.7 Å². The first-order chi connectivity index (χ1) is 11.3. The average molecular weight is 363 g/mol. The Morgan fingerprint density at radius 2 is 1.96 bits per heavy atom. The SMILES string of the molecule is Cc1nn(C)c2nc(Cl)c(C(=O)N=[S@@](C)(=O)c3ccccc3)cc12. The molecule has 2 aromatic heterocycles. The van der Waals surface area contributed by atoms with Crippen LogP contribution in [0.25, 0.3) is 11.0 Å². The second-order valence-electron chi connectivity index (χ2n) is 5.42. The van der Waals surface area contributed by atoms with Crippen LogP contribution in [0.4, 0.5) is 0 Å². The maximum atomic E-state index is 12.7. The molecule has 0 aliphatic carbocycles. The van der Waals surface area contributed by atoms with Crippen LogP contribution >= 0.6 is 11.6 Å². The van der Waals surface area contributed by atoms with Crippen molar-refractivity contribution in [2.45, 2.75) is 11.8 Å². The number of hydrogen-bond donors (Lipinski definition) is 0. The fourth-order valence-corrected chi connectivity index (χ4v) is 3.80. The molecular formula is C16H15ClN4O2S. The molecule has 24 heavy (non-hydrogen) atoms. The number of aryl methyl sites for hydroxylation is 2. The number of pyridine rings is 1. The lowest BCUT2D eigenvalue weighted by Crippen LogP contribution is -2.05. The molecule has 1 aromatic carbocycles. The molecule has 3 aromatic rings. The van der Waals surface area contributed by atoms with Gasteiger partial charge in [0.25, 0.3) is 5.91 Å². The van der Waals surface area contributed by atoms with Gasteiger partial charge in [-0.05, 0) is 25.1 Å². The largest absolute Gasteiger partial charge is 0.288 e. The van der Waals surface area contributed by atoms with Gasteiger partial charge in [-0.1, -0.05) is 29.8 Å². The molecule has 0 radical (unpaired) electrons. The maximum absolute atomic E-state index is 12.7. The Labute approximate surface area is 144 Å². The first-order valence-corrected chi connectivity index (χ1v) is 9.41. The van der Waals surface area contributed by atoms with E-state index < -0.39 is 15.6 Å². The molecule has 8 heteroatoms. The molecule has 0 bridgehead atoms. The van der Waals surface area contributed by atoms with Crippen molar-refractivity contribution >= 4 is 38.3 Å². The molecule has 1 atom stereocenters. The summed E-state index contributed by atoms with van der Waals surface area (Å²) in [6, 6.07) is 10.2. The van der Waals surface area contributed by atoms with Crippen LogP contribution in [-0.4, -0.2) is 31.1 Å². The van der Waals surface area contributed by atoms with Crippen molar-refractivity contribution in [2.75, 3.05) is 6.26 Å². The first kappa shape index (κ1) is 16.6. The second-order valence-corrected chi connectivity index (χ2v) is 8.04. The number of halogens is 1. The van der Waals surface area contributed by atoms with E-state index in [4.69, 9.17) is 11.6 Å². The molecule has 0 aliphatic rings. The number of carbonyl (C=O) groups is 1. The molecule has 2 heterocycles. The molecule has 0 aliphatic heterocycles. The van der Waals surface area contributed by atoms with Crippen LogP contribution < -0.4 is 0 Å². The predicted octanol–water partition coefficient (Wildman–Crippen LogP) is 3.23. The summed E-state index contributed by atoms with van der Waals surface area (Å²) in [5.41, 5.74) is 1.42. The minimum absolute atomic E-state index is 0.0162. The highest BCUT2D eigenvalue weighted by Gasteiger charge is 2.18. The van der Waals surface area contributed by atoms with Crippen LogP contribution in [-0.2, 0) is 16.8 Å². The summed E-state index contributed by atoms with van der Waals surface area (Å²) in [4.78, 5) is 17.2. The molecule has 0 saturated carbocycles. The zero-order valence-electron chi connectivity index (χ0n) is 13.4. The zero-order chi connectivity index (χ0) is 17.5. The Kier molecular flexibility index (Phi) is 4.15. The summed E-state index contributed by atoms with van der Waals surface area (Å²) in [5.74, 6) is -0.658.